The molecule has 0 radical (unpaired) electrons. The molecule has 194 valence electrons. The molecule has 5 rings (SSSR count). The minimum absolute atomic E-state index is 0.0824. The van der Waals surface area contributed by atoms with E-state index in [2.05, 4.69) is 15.6 Å². The second kappa shape index (κ2) is 11.6. The number of carbonyl (C=O) groups excluding carboxylic acids is 3. The first-order valence-corrected chi connectivity index (χ1v) is 13.8. The van der Waals surface area contributed by atoms with Crippen LogP contribution in [0.3, 0.4) is 0 Å². The molecule has 3 aromatic rings. The van der Waals surface area contributed by atoms with Gasteiger partial charge < -0.3 is 15.4 Å². The number of benzene rings is 2. The fourth-order valence-corrected chi connectivity index (χ4v) is 5.63. The highest BCUT2D eigenvalue weighted by Gasteiger charge is 2.41. The van der Waals surface area contributed by atoms with Gasteiger partial charge in [-0.2, -0.15) is 4.99 Å². The Morgan fingerprint density at radius 3 is 2.63 bits per heavy atom. The summed E-state index contributed by atoms with van der Waals surface area (Å²) in [5.41, 5.74) is 2.08. The van der Waals surface area contributed by atoms with E-state index in [0.29, 0.717) is 34.7 Å². The summed E-state index contributed by atoms with van der Waals surface area (Å²) in [6.45, 7) is 0.458. The monoisotopic (exact) mass is 547 g/mol. The molecule has 2 N–H and O–H groups in total. The number of carbonyl (C=O) groups is 3. The molecule has 1 unspecified atom stereocenters. The van der Waals surface area contributed by atoms with Crippen LogP contribution in [0.1, 0.15) is 23.3 Å². The van der Waals surface area contributed by atoms with E-state index in [0.717, 1.165) is 10.4 Å². The molecule has 0 spiro atoms. The average Bonchev–Trinajstić information content (AvgIpc) is 3.57. The second-order valence-electron chi connectivity index (χ2n) is 8.53. The van der Waals surface area contributed by atoms with Gasteiger partial charge in [-0.15, -0.1) is 11.3 Å². The molecule has 38 heavy (non-hydrogen) atoms. The molecule has 0 fully saturated rings. The number of nitrogens with zero attached hydrogens (tertiary/aromatic N) is 3. The summed E-state index contributed by atoms with van der Waals surface area (Å²) in [5, 5.41) is 8.22. The molecule has 2 aliphatic heterocycles. The van der Waals surface area contributed by atoms with E-state index in [9.17, 15) is 14.4 Å². The van der Waals surface area contributed by atoms with E-state index >= 15 is 0 Å². The van der Waals surface area contributed by atoms with Gasteiger partial charge in [-0.3, -0.25) is 19.3 Å². The van der Waals surface area contributed by atoms with Crippen molar-refractivity contribution < 1.29 is 19.1 Å². The molecule has 1 atom stereocenters. The predicted octanol–water partition coefficient (Wildman–Crippen LogP) is 4.18. The van der Waals surface area contributed by atoms with E-state index in [-0.39, 0.29) is 36.3 Å². The lowest BCUT2D eigenvalue weighted by Gasteiger charge is -2.31. The lowest BCUT2D eigenvalue weighted by molar-refractivity contribution is -0.122. The fourth-order valence-electron chi connectivity index (χ4n) is 4.13. The summed E-state index contributed by atoms with van der Waals surface area (Å²) in [7, 11) is 1.58. The average molecular weight is 548 g/mol. The highest BCUT2D eigenvalue weighted by Crippen LogP contribution is 2.35. The summed E-state index contributed by atoms with van der Waals surface area (Å²) in [5.74, 6) is 0.613. The topological polar surface area (TPSA) is 112 Å². The Morgan fingerprint density at radius 2 is 1.87 bits per heavy atom. The van der Waals surface area contributed by atoms with E-state index in [1.165, 1.54) is 11.8 Å². The van der Waals surface area contributed by atoms with Gasteiger partial charge in [-0.05, 0) is 54.3 Å². The second-order valence-corrected chi connectivity index (χ2v) is 10.5. The zero-order valence-corrected chi connectivity index (χ0v) is 22.2. The number of amides is 3. The molecule has 3 amide bonds. The summed E-state index contributed by atoms with van der Waals surface area (Å²) in [4.78, 5) is 50.1. The van der Waals surface area contributed by atoms with Crippen molar-refractivity contribution in [3.63, 3.8) is 0 Å². The lowest BCUT2D eigenvalue weighted by Crippen LogP contribution is -2.44. The Kier molecular flexibility index (Phi) is 7.85. The fraction of sp³-hybridized carbons (Fsp3) is 0.222. The zero-order chi connectivity index (χ0) is 26.5. The molecule has 11 heteroatoms. The van der Waals surface area contributed by atoms with Crippen LogP contribution in [-0.4, -0.2) is 52.5 Å². The third-order valence-electron chi connectivity index (χ3n) is 6.00. The number of thiophene rings is 1. The number of nitrogens with one attached hydrogen (secondary N) is 2. The van der Waals surface area contributed by atoms with Crippen LogP contribution in [0.15, 0.2) is 76.0 Å². The van der Waals surface area contributed by atoms with E-state index in [4.69, 9.17) is 9.73 Å². The molecule has 0 bridgehead atoms. The number of ether oxygens (including phenoxy) is 1. The van der Waals surface area contributed by atoms with Crippen LogP contribution in [-0.2, 0) is 20.9 Å². The van der Waals surface area contributed by atoms with Crippen LogP contribution in [0.25, 0.3) is 0 Å². The Balaban J connectivity index is 1.27. The van der Waals surface area contributed by atoms with Crippen molar-refractivity contribution in [1.82, 2.24) is 10.2 Å². The predicted molar refractivity (Wildman–Crippen MR) is 150 cm³/mol. The highest BCUT2D eigenvalue weighted by molar-refractivity contribution is 8.14. The van der Waals surface area contributed by atoms with Crippen LogP contribution in [0.2, 0.25) is 0 Å². The number of aliphatic imine (C=N–C) groups is 2. The maximum atomic E-state index is 13.0. The van der Waals surface area contributed by atoms with Gasteiger partial charge in [0.15, 0.2) is 5.17 Å². The van der Waals surface area contributed by atoms with Gasteiger partial charge in [0.25, 0.3) is 5.91 Å². The summed E-state index contributed by atoms with van der Waals surface area (Å²) < 4.78 is 5.15. The van der Waals surface area contributed by atoms with Gasteiger partial charge in [0, 0.05) is 22.5 Å². The van der Waals surface area contributed by atoms with Gasteiger partial charge in [0.2, 0.25) is 11.8 Å². The van der Waals surface area contributed by atoms with Gasteiger partial charge >= 0.3 is 0 Å². The van der Waals surface area contributed by atoms with Crippen molar-refractivity contribution in [3.05, 3.63) is 76.5 Å². The Hall–Kier alpha value is -3.96. The molecule has 0 aliphatic carbocycles. The number of rotatable bonds is 9. The highest BCUT2D eigenvalue weighted by atomic mass is 32.2. The molecule has 1 aromatic heterocycles. The van der Waals surface area contributed by atoms with Gasteiger partial charge in [0.05, 0.1) is 25.1 Å². The van der Waals surface area contributed by atoms with Gasteiger partial charge in [-0.25, -0.2) is 4.99 Å². The number of fused-ring (bicyclic) bond motifs is 3. The number of amidine groups is 2. The molecular weight excluding hydrogens is 522 g/mol. The maximum absolute atomic E-state index is 13.0. The Bertz CT molecular complexity index is 1400. The maximum Gasteiger partial charge on any atom is 0.270 e. The van der Waals surface area contributed by atoms with Crippen molar-refractivity contribution >= 4 is 63.2 Å². The number of hydrogen-bond acceptors (Lipinski definition) is 8. The van der Waals surface area contributed by atoms with Crippen LogP contribution in [0.4, 0.5) is 11.4 Å². The van der Waals surface area contributed by atoms with Crippen molar-refractivity contribution in [2.75, 3.05) is 18.2 Å². The molecular formula is C27H25N5O4S2. The molecule has 3 heterocycles. The van der Waals surface area contributed by atoms with E-state index < -0.39 is 6.04 Å². The third-order valence-corrected chi connectivity index (χ3v) is 7.83. The number of anilines is 1. The first-order valence-electron chi connectivity index (χ1n) is 12.0. The van der Waals surface area contributed by atoms with Crippen molar-refractivity contribution in [2.24, 2.45) is 9.98 Å². The van der Waals surface area contributed by atoms with E-state index in [1.807, 2.05) is 41.8 Å². The summed E-state index contributed by atoms with van der Waals surface area (Å²) in [6.07, 6.45) is 0.445. The van der Waals surface area contributed by atoms with Crippen molar-refractivity contribution in [2.45, 2.75) is 25.4 Å². The summed E-state index contributed by atoms with van der Waals surface area (Å²) >= 11 is 2.80. The van der Waals surface area contributed by atoms with Crippen LogP contribution in [0, 0.1) is 0 Å². The van der Waals surface area contributed by atoms with Gasteiger partial charge in [0.1, 0.15) is 17.6 Å². The Morgan fingerprint density at radius 1 is 1.05 bits per heavy atom. The lowest BCUT2D eigenvalue weighted by atomic mass is 10.1. The standard InChI is InChI=1S/C27H25N5O4S2/c1-36-18-10-8-17(9-11-18)29-24(34)16-38-27-30-21-7-3-2-6-20(21)25-31-26(35)22(32(25)27)12-13-23(33)28-15-19-5-4-14-37-19/h2-11,14,22H,12-13,15-16H2,1H3,(H,28,33)(H,29,34). The summed E-state index contributed by atoms with van der Waals surface area (Å²) in [6, 6.07) is 17.7. The van der Waals surface area contributed by atoms with Crippen LogP contribution < -0.4 is 15.4 Å². The quantitative estimate of drug-likeness (QED) is 0.416. The SMILES string of the molecule is COc1ccc(NC(=O)CSC2=Nc3ccccc3C3=NC(=O)C(CCC(=O)NCc4cccs4)N23)cc1. The molecule has 9 nitrogen and oxygen atoms in total. The molecule has 0 saturated carbocycles. The zero-order valence-electron chi connectivity index (χ0n) is 20.5. The first-order chi connectivity index (χ1) is 18.5. The molecule has 2 aromatic carbocycles. The molecule has 0 saturated heterocycles. The first kappa shape index (κ1) is 25.7. The van der Waals surface area contributed by atoms with E-state index in [1.54, 1.807) is 47.6 Å². The van der Waals surface area contributed by atoms with Crippen molar-refractivity contribution in [1.29, 1.82) is 0 Å². The number of methoxy groups -OCH3 is 1. The van der Waals surface area contributed by atoms with Crippen LogP contribution in [0.5, 0.6) is 5.75 Å². The van der Waals surface area contributed by atoms with Crippen molar-refractivity contribution in [3.8, 4) is 5.75 Å². The van der Waals surface area contributed by atoms with Crippen LogP contribution >= 0.6 is 23.1 Å². The largest absolute Gasteiger partial charge is 0.497 e. The number of para-hydroxylation sites is 1. The number of hydrogen-bond donors (Lipinski definition) is 2. The smallest absolute Gasteiger partial charge is 0.270 e. The van der Waals surface area contributed by atoms with Gasteiger partial charge in [-0.1, -0.05) is 30.0 Å². The molecule has 2 aliphatic rings. The minimum atomic E-state index is -0.665. The third kappa shape index (κ3) is 5.79. The normalized spacial score (nSPS) is 15.8. The Labute approximate surface area is 228 Å². The minimum Gasteiger partial charge on any atom is -0.497 e. The number of thioether (sulfide) groups is 1.